The summed E-state index contributed by atoms with van der Waals surface area (Å²) in [5, 5.41) is 9.04. The maximum absolute atomic E-state index is 10.2. The Hall–Kier alpha value is -1.46. The van der Waals surface area contributed by atoms with E-state index in [2.05, 4.69) is 11.8 Å². The van der Waals surface area contributed by atoms with Gasteiger partial charge in [-0.1, -0.05) is 23.4 Å². The van der Waals surface area contributed by atoms with E-state index in [0.717, 1.165) is 11.1 Å². The molecule has 0 atom stereocenters. The van der Waals surface area contributed by atoms with Crippen molar-refractivity contribution in [3.63, 3.8) is 0 Å². The molecule has 1 aromatic rings. The van der Waals surface area contributed by atoms with Crippen LogP contribution in [0.4, 0.5) is 0 Å². The van der Waals surface area contributed by atoms with E-state index in [1.165, 1.54) is 0 Å². The van der Waals surface area contributed by atoms with E-state index in [-0.39, 0.29) is 6.42 Å². The first-order valence-electron chi connectivity index (χ1n) is 4.06. The van der Waals surface area contributed by atoms with E-state index >= 15 is 0 Å². The van der Waals surface area contributed by atoms with E-state index in [4.69, 9.17) is 16.7 Å². The Morgan fingerprint density at radius 1 is 1.57 bits per heavy atom. The van der Waals surface area contributed by atoms with Crippen molar-refractivity contribution in [2.75, 3.05) is 0 Å². The Morgan fingerprint density at radius 2 is 2.29 bits per heavy atom. The predicted octanol–water partition coefficient (Wildman–Crippen LogP) is 2.47. The second-order valence-electron chi connectivity index (χ2n) is 2.83. The van der Waals surface area contributed by atoms with Crippen molar-refractivity contribution in [1.29, 1.82) is 0 Å². The lowest BCUT2D eigenvalue weighted by atomic mass is 10.1. The molecule has 0 bridgehead atoms. The first-order chi connectivity index (χ1) is 6.59. The van der Waals surface area contributed by atoms with Crippen molar-refractivity contribution >= 4 is 17.6 Å². The van der Waals surface area contributed by atoms with Crippen molar-refractivity contribution in [3.8, 4) is 11.8 Å². The van der Waals surface area contributed by atoms with Gasteiger partial charge < -0.3 is 5.11 Å². The van der Waals surface area contributed by atoms with Crippen molar-refractivity contribution in [3.05, 3.63) is 34.3 Å². The zero-order valence-electron chi connectivity index (χ0n) is 7.67. The number of hydrogen-bond acceptors (Lipinski definition) is 1. The average molecular weight is 209 g/mol. The molecule has 2 nitrogen and oxygen atoms in total. The quantitative estimate of drug-likeness (QED) is 0.720. The summed E-state index contributed by atoms with van der Waals surface area (Å²) in [5.74, 6) is 4.44. The third-order valence-corrected chi connectivity index (χ3v) is 1.89. The van der Waals surface area contributed by atoms with E-state index in [1.54, 1.807) is 18.2 Å². The topological polar surface area (TPSA) is 37.3 Å². The van der Waals surface area contributed by atoms with Crippen molar-refractivity contribution in [2.45, 2.75) is 13.3 Å². The third-order valence-electron chi connectivity index (χ3n) is 1.65. The highest BCUT2D eigenvalue weighted by molar-refractivity contribution is 6.30. The van der Waals surface area contributed by atoms with Gasteiger partial charge in [-0.15, -0.1) is 0 Å². The number of aliphatic carboxylic acids is 1. The second-order valence-corrected chi connectivity index (χ2v) is 3.27. The molecule has 0 amide bonds. The molecule has 1 aromatic carbocycles. The zero-order valence-corrected chi connectivity index (χ0v) is 8.43. The van der Waals surface area contributed by atoms with Crippen LogP contribution in [-0.2, 0) is 4.79 Å². The maximum Gasteiger partial charge on any atom is 0.315 e. The standard InChI is InChI=1S/C11H9ClO2/c1-8-7-10(12)6-5-9(8)3-2-4-11(13)14/h5-7H,4H2,1H3,(H,13,14). The summed E-state index contributed by atoms with van der Waals surface area (Å²) in [6.45, 7) is 1.89. The Bertz CT molecular complexity index is 413. The number of rotatable bonds is 1. The predicted molar refractivity (Wildman–Crippen MR) is 55.3 cm³/mol. The Labute approximate surface area is 87.5 Å². The summed E-state index contributed by atoms with van der Waals surface area (Å²) in [6, 6.07) is 5.32. The van der Waals surface area contributed by atoms with Crippen LogP contribution in [-0.4, -0.2) is 11.1 Å². The highest BCUT2D eigenvalue weighted by Gasteiger charge is 1.95. The summed E-state index contributed by atoms with van der Waals surface area (Å²) in [7, 11) is 0. The largest absolute Gasteiger partial charge is 0.481 e. The molecule has 14 heavy (non-hydrogen) atoms. The molecule has 0 aromatic heterocycles. The molecule has 0 fully saturated rings. The molecule has 0 radical (unpaired) electrons. The molecule has 0 aliphatic carbocycles. The highest BCUT2D eigenvalue weighted by atomic mass is 35.5. The van der Waals surface area contributed by atoms with Crippen LogP contribution in [0.1, 0.15) is 17.5 Å². The van der Waals surface area contributed by atoms with Gasteiger partial charge in [-0.25, -0.2) is 0 Å². The minimum atomic E-state index is -0.913. The maximum atomic E-state index is 10.2. The van der Waals surface area contributed by atoms with E-state index in [1.807, 2.05) is 6.92 Å². The van der Waals surface area contributed by atoms with Gasteiger partial charge in [0.2, 0.25) is 0 Å². The van der Waals surface area contributed by atoms with Gasteiger partial charge in [-0.2, -0.15) is 0 Å². The molecule has 0 heterocycles. The lowest BCUT2D eigenvalue weighted by molar-refractivity contribution is -0.135. The number of carboxylic acid groups (broad SMARTS) is 1. The molecule has 1 rings (SSSR count). The minimum absolute atomic E-state index is 0.137. The molecule has 0 unspecified atom stereocenters. The van der Waals surface area contributed by atoms with Crippen LogP contribution in [0.5, 0.6) is 0 Å². The molecular formula is C11H9ClO2. The highest BCUT2D eigenvalue weighted by Crippen LogP contribution is 2.13. The molecule has 0 saturated heterocycles. The van der Waals surface area contributed by atoms with Gasteiger partial charge >= 0.3 is 5.97 Å². The van der Waals surface area contributed by atoms with Gasteiger partial charge in [0.15, 0.2) is 0 Å². The normalized spacial score (nSPS) is 9.00. The molecule has 72 valence electrons. The van der Waals surface area contributed by atoms with Gasteiger partial charge in [-0.3, -0.25) is 4.79 Å². The Balaban J connectivity index is 2.85. The van der Waals surface area contributed by atoms with Crippen LogP contribution in [0.3, 0.4) is 0 Å². The van der Waals surface area contributed by atoms with Crippen LogP contribution in [0.2, 0.25) is 5.02 Å². The molecule has 0 aliphatic heterocycles. The lowest BCUT2D eigenvalue weighted by Gasteiger charge is -1.97. The summed E-state index contributed by atoms with van der Waals surface area (Å²) in [4.78, 5) is 10.2. The van der Waals surface area contributed by atoms with E-state index in [9.17, 15) is 4.79 Å². The van der Waals surface area contributed by atoms with Gasteiger partial charge in [0, 0.05) is 10.6 Å². The fraction of sp³-hybridized carbons (Fsp3) is 0.182. The Morgan fingerprint density at radius 3 is 2.86 bits per heavy atom. The minimum Gasteiger partial charge on any atom is -0.481 e. The third kappa shape index (κ3) is 3.12. The average Bonchev–Trinajstić information content (AvgIpc) is 2.08. The fourth-order valence-corrected chi connectivity index (χ4v) is 1.21. The number of aryl methyl sites for hydroxylation is 1. The first kappa shape index (κ1) is 10.6. The molecule has 0 aliphatic rings. The van der Waals surface area contributed by atoms with Gasteiger partial charge in [-0.05, 0) is 30.7 Å². The van der Waals surface area contributed by atoms with Crippen molar-refractivity contribution in [2.24, 2.45) is 0 Å². The van der Waals surface area contributed by atoms with Crippen LogP contribution >= 0.6 is 11.6 Å². The number of carboxylic acids is 1. The SMILES string of the molecule is Cc1cc(Cl)ccc1C#CCC(=O)O. The first-order valence-corrected chi connectivity index (χ1v) is 4.44. The summed E-state index contributed by atoms with van der Waals surface area (Å²) >= 11 is 5.76. The van der Waals surface area contributed by atoms with E-state index < -0.39 is 5.97 Å². The van der Waals surface area contributed by atoms with Gasteiger partial charge in [0.1, 0.15) is 6.42 Å². The summed E-state index contributed by atoms with van der Waals surface area (Å²) < 4.78 is 0. The summed E-state index contributed by atoms with van der Waals surface area (Å²) in [5.41, 5.74) is 1.77. The number of halogens is 1. The van der Waals surface area contributed by atoms with E-state index in [0.29, 0.717) is 5.02 Å². The van der Waals surface area contributed by atoms with Crippen LogP contribution < -0.4 is 0 Å². The second kappa shape index (κ2) is 4.69. The molecular weight excluding hydrogens is 200 g/mol. The molecule has 0 spiro atoms. The molecule has 0 saturated carbocycles. The Kier molecular flexibility index (Phi) is 3.55. The number of benzene rings is 1. The van der Waals surface area contributed by atoms with Gasteiger partial charge in [0.05, 0.1) is 0 Å². The number of carbonyl (C=O) groups is 1. The summed E-state index contributed by atoms with van der Waals surface area (Å²) in [6.07, 6.45) is -0.137. The van der Waals surface area contributed by atoms with Crippen LogP contribution in [0, 0.1) is 18.8 Å². The monoisotopic (exact) mass is 208 g/mol. The number of hydrogen-bond donors (Lipinski definition) is 1. The van der Waals surface area contributed by atoms with Crippen LogP contribution in [0.25, 0.3) is 0 Å². The lowest BCUT2D eigenvalue weighted by Crippen LogP contribution is -1.90. The zero-order chi connectivity index (χ0) is 10.6. The van der Waals surface area contributed by atoms with Crippen molar-refractivity contribution in [1.82, 2.24) is 0 Å². The smallest absolute Gasteiger partial charge is 0.315 e. The van der Waals surface area contributed by atoms with Crippen LogP contribution in [0.15, 0.2) is 18.2 Å². The van der Waals surface area contributed by atoms with Gasteiger partial charge in [0.25, 0.3) is 0 Å². The van der Waals surface area contributed by atoms with Crippen molar-refractivity contribution < 1.29 is 9.90 Å². The fourth-order valence-electron chi connectivity index (χ4n) is 0.982. The molecule has 1 N–H and O–H groups in total. The molecule has 3 heteroatoms.